The lowest BCUT2D eigenvalue weighted by atomic mass is 10.3. The maximum absolute atomic E-state index is 12.5. The average Bonchev–Trinajstić information content (AvgIpc) is 2.84. The zero-order valence-corrected chi connectivity index (χ0v) is 14.0. The maximum atomic E-state index is 12.5. The van der Waals surface area contributed by atoms with Gasteiger partial charge in [-0.1, -0.05) is 25.1 Å². The Balaban J connectivity index is 2.41. The summed E-state index contributed by atoms with van der Waals surface area (Å²) in [6.45, 7) is 3.78. The van der Waals surface area contributed by atoms with Crippen LogP contribution >= 0.6 is 11.8 Å². The van der Waals surface area contributed by atoms with E-state index >= 15 is 0 Å². The third kappa shape index (κ3) is 4.29. The Kier molecular flexibility index (Phi) is 5.70. The molecule has 0 aliphatic carbocycles. The summed E-state index contributed by atoms with van der Waals surface area (Å²) in [6.07, 6.45) is 1.87. The lowest BCUT2D eigenvalue weighted by Gasteiger charge is -2.10. The van der Waals surface area contributed by atoms with Gasteiger partial charge in [-0.2, -0.15) is 10.1 Å². The number of esters is 1. The van der Waals surface area contributed by atoms with E-state index in [1.807, 2.05) is 44.2 Å². The van der Waals surface area contributed by atoms with Crippen LogP contribution in [0, 0.1) is 0 Å². The van der Waals surface area contributed by atoms with Crippen molar-refractivity contribution in [2.75, 3.05) is 7.11 Å². The summed E-state index contributed by atoms with van der Waals surface area (Å²) in [5, 5.41) is 5.93. The van der Waals surface area contributed by atoms with E-state index in [2.05, 4.69) is 14.8 Å². The van der Waals surface area contributed by atoms with Gasteiger partial charge in [0.15, 0.2) is 5.17 Å². The number of methoxy groups -OCH3 is 1. The maximum Gasteiger partial charge on any atom is 0.331 e. The molecular formula is C16H17N3O3S. The van der Waals surface area contributed by atoms with Gasteiger partial charge >= 0.3 is 5.97 Å². The van der Waals surface area contributed by atoms with Crippen molar-refractivity contribution in [2.24, 2.45) is 10.1 Å². The van der Waals surface area contributed by atoms with Crippen molar-refractivity contribution in [3.05, 3.63) is 41.3 Å². The number of benzene rings is 1. The highest BCUT2D eigenvalue weighted by atomic mass is 32.2. The number of ether oxygens (including phenoxy) is 1. The van der Waals surface area contributed by atoms with Gasteiger partial charge in [-0.05, 0) is 37.2 Å². The summed E-state index contributed by atoms with van der Waals surface area (Å²) >= 11 is 1.10. The molecule has 120 valence electrons. The van der Waals surface area contributed by atoms with Gasteiger partial charge in [0.25, 0.3) is 5.91 Å². The minimum absolute atomic E-state index is 0.235. The Hall–Kier alpha value is -2.41. The normalized spacial score (nSPS) is 18.8. The Bertz CT molecular complexity index is 696. The van der Waals surface area contributed by atoms with Crippen LogP contribution in [0.25, 0.3) is 0 Å². The van der Waals surface area contributed by atoms with E-state index in [0.29, 0.717) is 17.3 Å². The van der Waals surface area contributed by atoms with Crippen molar-refractivity contribution in [1.29, 1.82) is 0 Å². The van der Waals surface area contributed by atoms with Gasteiger partial charge in [-0.25, -0.2) is 9.79 Å². The second-order valence-electron chi connectivity index (χ2n) is 4.67. The summed E-state index contributed by atoms with van der Waals surface area (Å²) in [4.78, 5) is 28.5. The average molecular weight is 331 g/mol. The van der Waals surface area contributed by atoms with Gasteiger partial charge in [0.1, 0.15) is 0 Å². The molecule has 0 unspecified atom stereocenters. The molecule has 0 N–H and O–H groups in total. The van der Waals surface area contributed by atoms with Crippen LogP contribution < -0.4 is 0 Å². The first-order chi connectivity index (χ1) is 11.0. The number of carbonyl (C=O) groups is 2. The first-order valence-electron chi connectivity index (χ1n) is 7.05. The van der Waals surface area contributed by atoms with E-state index in [1.54, 1.807) is 0 Å². The molecule has 1 aliphatic heterocycles. The van der Waals surface area contributed by atoms with Crippen LogP contribution in [0.2, 0.25) is 0 Å². The number of amidine groups is 1. The highest BCUT2D eigenvalue weighted by Crippen LogP contribution is 2.33. The molecule has 0 saturated carbocycles. The lowest BCUT2D eigenvalue weighted by molar-refractivity contribution is -0.135. The number of aliphatic imine (C=N–C) groups is 1. The van der Waals surface area contributed by atoms with Gasteiger partial charge < -0.3 is 4.74 Å². The van der Waals surface area contributed by atoms with Crippen LogP contribution in [0.1, 0.15) is 20.3 Å². The van der Waals surface area contributed by atoms with Crippen LogP contribution in [-0.2, 0) is 14.3 Å². The summed E-state index contributed by atoms with van der Waals surface area (Å²) in [6, 6.07) is 9.26. The first kappa shape index (κ1) is 17.0. The topological polar surface area (TPSA) is 71.3 Å². The van der Waals surface area contributed by atoms with Crippen molar-refractivity contribution in [3.8, 4) is 0 Å². The molecule has 1 aliphatic rings. The quantitative estimate of drug-likeness (QED) is 0.483. The molecule has 2 rings (SSSR count). The number of hydrogen-bond acceptors (Lipinski definition) is 6. The van der Waals surface area contributed by atoms with Crippen molar-refractivity contribution >= 4 is 40.2 Å². The smallest absolute Gasteiger partial charge is 0.331 e. The Morgan fingerprint density at radius 1 is 1.35 bits per heavy atom. The molecule has 0 atom stereocenters. The molecule has 6 nitrogen and oxygen atoms in total. The zero-order chi connectivity index (χ0) is 16.8. The van der Waals surface area contributed by atoms with Crippen molar-refractivity contribution in [3.63, 3.8) is 0 Å². The molecule has 1 aromatic rings. The minimum Gasteiger partial charge on any atom is -0.466 e. The highest BCUT2D eigenvalue weighted by Gasteiger charge is 2.34. The monoisotopic (exact) mass is 331 g/mol. The number of thioether (sulfide) groups is 1. The van der Waals surface area contributed by atoms with Crippen LogP contribution in [0.5, 0.6) is 0 Å². The summed E-state index contributed by atoms with van der Waals surface area (Å²) in [5.41, 5.74) is 1.50. The number of hydrogen-bond donors (Lipinski definition) is 0. The van der Waals surface area contributed by atoms with E-state index in [1.165, 1.54) is 12.1 Å². The number of para-hydroxylation sites is 1. The van der Waals surface area contributed by atoms with Crippen molar-refractivity contribution in [1.82, 2.24) is 5.01 Å². The van der Waals surface area contributed by atoms with Crippen LogP contribution in [0.3, 0.4) is 0 Å². The van der Waals surface area contributed by atoms with Gasteiger partial charge in [-0.3, -0.25) is 4.79 Å². The molecule has 1 heterocycles. The predicted molar refractivity (Wildman–Crippen MR) is 91.5 cm³/mol. The zero-order valence-electron chi connectivity index (χ0n) is 13.1. The van der Waals surface area contributed by atoms with Gasteiger partial charge in [-0.15, -0.1) is 0 Å². The first-order valence-corrected chi connectivity index (χ1v) is 7.86. The van der Waals surface area contributed by atoms with Gasteiger partial charge in [0.05, 0.1) is 17.7 Å². The number of amides is 1. The van der Waals surface area contributed by atoms with E-state index in [9.17, 15) is 9.59 Å². The Morgan fingerprint density at radius 3 is 2.65 bits per heavy atom. The molecule has 0 radical (unpaired) electrons. The molecule has 0 spiro atoms. The summed E-state index contributed by atoms with van der Waals surface area (Å²) < 4.78 is 4.58. The Morgan fingerprint density at radius 2 is 2.04 bits per heavy atom. The predicted octanol–water partition coefficient (Wildman–Crippen LogP) is 3.09. The molecule has 7 heteroatoms. The van der Waals surface area contributed by atoms with Crippen molar-refractivity contribution in [2.45, 2.75) is 20.3 Å². The number of nitrogens with zero attached hydrogens (tertiary/aromatic N) is 3. The molecule has 1 fully saturated rings. The number of hydrazone groups is 1. The molecule has 1 aromatic carbocycles. The molecule has 0 aromatic heterocycles. The Labute approximate surface area is 138 Å². The third-order valence-electron chi connectivity index (χ3n) is 3.00. The standard InChI is InChI=1S/C16H17N3O3S/c1-4-11(2)18-19-15(21)13(10-14(20)22-3)23-16(19)17-12-8-6-5-7-9-12/h5-10H,4H2,1-3H3/b13-10?,17-16?,18-11+. The molecule has 0 bridgehead atoms. The van der Waals surface area contributed by atoms with E-state index in [-0.39, 0.29) is 10.8 Å². The fourth-order valence-electron chi connectivity index (χ4n) is 1.65. The molecule has 1 saturated heterocycles. The van der Waals surface area contributed by atoms with Crippen LogP contribution in [0.4, 0.5) is 5.69 Å². The van der Waals surface area contributed by atoms with Crippen LogP contribution in [0.15, 0.2) is 51.4 Å². The van der Waals surface area contributed by atoms with Gasteiger partial charge in [0.2, 0.25) is 0 Å². The number of carbonyl (C=O) groups excluding carboxylic acids is 2. The summed E-state index contributed by atoms with van der Waals surface area (Å²) in [5.74, 6) is -0.971. The third-order valence-corrected chi connectivity index (χ3v) is 3.96. The lowest BCUT2D eigenvalue weighted by Crippen LogP contribution is -2.24. The molecular weight excluding hydrogens is 314 g/mol. The molecule has 1 amide bonds. The fourth-order valence-corrected chi connectivity index (χ4v) is 2.53. The summed E-state index contributed by atoms with van der Waals surface area (Å²) in [7, 11) is 1.26. The highest BCUT2D eigenvalue weighted by molar-refractivity contribution is 8.18. The second-order valence-corrected chi connectivity index (χ2v) is 5.68. The van der Waals surface area contributed by atoms with E-state index in [4.69, 9.17) is 0 Å². The van der Waals surface area contributed by atoms with Crippen LogP contribution in [-0.4, -0.2) is 34.9 Å². The molecule has 23 heavy (non-hydrogen) atoms. The largest absolute Gasteiger partial charge is 0.466 e. The van der Waals surface area contributed by atoms with Gasteiger partial charge in [0, 0.05) is 11.8 Å². The van der Waals surface area contributed by atoms with E-state index in [0.717, 1.165) is 23.5 Å². The fraction of sp³-hybridized carbons (Fsp3) is 0.250. The second kappa shape index (κ2) is 7.73. The number of rotatable bonds is 4. The SMILES string of the molecule is CC/C(C)=N/N1C(=O)C(=CC(=O)OC)SC1=Nc1ccccc1. The van der Waals surface area contributed by atoms with Crippen molar-refractivity contribution < 1.29 is 14.3 Å². The van der Waals surface area contributed by atoms with E-state index < -0.39 is 5.97 Å². The minimum atomic E-state index is -0.585.